The number of carbonyl (C=O) groups excluding carboxylic acids is 2. The fourth-order valence-corrected chi connectivity index (χ4v) is 3.43. The maximum absolute atomic E-state index is 12.1. The van der Waals surface area contributed by atoms with Crippen molar-refractivity contribution in [3.8, 4) is 0 Å². The smallest absolute Gasteiger partial charge is 0.306 e. The molecule has 0 aromatic carbocycles. The second-order valence-corrected chi connectivity index (χ2v) is 6.51. The van der Waals surface area contributed by atoms with Gasteiger partial charge in [0.25, 0.3) is 0 Å². The summed E-state index contributed by atoms with van der Waals surface area (Å²) in [7, 11) is 1.36. The Kier molecular flexibility index (Phi) is 5.02. The van der Waals surface area contributed by atoms with Gasteiger partial charge in [-0.15, -0.1) is 0 Å². The highest BCUT2D eigenvalue weighted by Crippen LogP contribution is 2.31. The molecule has 5 nitrogen and oxygen atoms in total. The highest BCUT2D eigenvalue weighted by Gasteiger charge is 2.41. The van der Waals surface area contributed by atoms with Gasteiger partial charge in [-0.2, -0.15) is 0 Å². The number of amides is 1. The Hall–Kier alpha value is -1.10. The zero-order valence-electron chi connectivity index (χ0n) is 12.8. The Morgan fingerprint density at radius 3 is 2.20 bits per heavy atom. The fraction of sp³-hybridized carbons (Fsp3) is 0.867. The first-order valence-electron chi connectivity index (χ1n) is 7.56. The maximum atomic E-state index is 12.1. The zero-order chi connectivity index (χ0) is 14.7. The summed E-state index contributed by atoms with van der Waals surface area (Å²) in [4.78, 5) is 27.6. The van der Waals surface area contributed by atoms with E-state index in [2.05, 4.69) is 23.5 Å². The number of hydrogen-bond donors (Lipinski definition) is 0. The van der Waals surface area contributed by atoms with Crippen molar-refractivity contribution in [2.75, 3.05) is 39.8 Å². The van der Waals surface area contributed by atoms with Gasteiger partial charge in [-0.05, 0) is 17.8 Å². The number of rotatable bonds is 5. The number of carbonyl (C=O) groups is 2. The second-order valence-electron chi connectivity index (χ2n) is 6.51. The number of hydrogen-bond acceptors (Lipinski definition) is 4. The Bertz CT molecular complexity index is 356. The van der Waals surface area contributed by atoms with Crippen LogP contribution in [0.3, 0.4) is 0 Å². The normalized spacial score (nSPS) is 26.1. The van der Waals surface area contributed by atoms with Gasteiger partial charge >= 0.3 is 5.97 Å². The molecule has 2 aliphatic heterocycles. The van der Waals surface area contributed by atoms with Gasteiger partial charge in [-0.1, -0.05) is 13.8 Å². The average Bonchev–Trinajstić information content (AvgIpc) is 2.92. The summed E-state index contributed by atoms with van der Waals surface area (Å²) < 4.78 is 4.57. The molecule has 0 N–H and O–H groups in total. The van der Waals surface area contributed by atoms with E-state index in [1.54, 1.807) is 0 Å². The molecule has 0 radical (unpaired) electrons. The highest BCUT2D eigenvalue weighted by molar-refractivity contribution is 5.81. The summed E-state index contributed by atoms with van der Waals surface area (Å²) >= 11 is 0. The van der Waals surface area contributed by atoms with Crippen LogP contribution in [0.15, 0.2) is 0 Å². The van der Waals surface area contributed by atoms with Gasteiger partial charge in [0.2, 0.25) is 5.91 Å². The molecule has 2 heterocycles. The first-order chi connectivity index (χ1) is 9.49. The molecule has 2 saturated heterocycles. The lowest BCUT2D eigenvalue weighted by molar-refractivity contribution is -0.143. The molecule has 20 heavy (non-hydrogen) atoms. The van der Waals surface area contributed by atoms with Gasteiger partial charge in [-0.25, -0.2) is 0 Å². The van der Waals surface area contributed by atoms with Crippen molar-refractivity contribution >= 4 is 11.9 Å². The Labute approximate surface area is 121 Å². The molecule has 0 saturated carbocycles. The number of nitrogens with zero attached hydrogens (tertiary/aromatic N) is 2. The van der Waals surface area contributed by atoms with Crippen molar-refractivity contribution in [3.05, 3.63) is 0 Å². The Morgan fingerprint density at radius 2 is 1.70 bits per heavy atom. The van der Waals surface area contributed by atoms with Crippen LogP contribution in [0.4, 0.5) is 0 Å². The monoisotopic (exact) mass is 282 g/mol. The molecule has 2 unspecified atom stereocenters. The molecule has 0 aliphatic carbocycles. The largest absolute Gasteiger partial charge is 0.469 e. The van der Waals surface area contributed by atoms with Gasteiger partial charge < -0.3 is 14.5 Å². The molecule has 0 spiro atoms. The van der Waals surface area contributed by atoms with Crippen molar-refractivity contribution in [2.24, 2.45) is 17.8 Å². The lowest BCUT2D eigenvalue weighted by Crippen LogP contribution is -2.34. The van der Waals surface area contributed by atoms with Crippen molar-refractivity contribution in [3.63, 3.8) is 0 Å². The lowest BCUT2D eigenvalue weighted by Gasteiger charge is -2.22. The van der Waals surface area contributed by atoms with E-state index >= 15 is 0 Å². The summed E-state index contributed by atoms with van der Waals surface area (Å²) in [6.45, 7) is 9.60. The van der Waals surface area contributed by atoms with Crippen LogP contribution in [0.5, 0.6) is 0 Å². The second kappa shape index (κ2) is 6.57. The minimum Gasteiger partial charge on any atom is -0.469 e. The molecule has 2 aliphatic rings. The number of ether oxygens (including phenoxy) is 1. The van der Waals surface area contributed by atoms with E-state index in [4.69, 9.17) is 0 Å². The van der Waals surface area contributed by atoms with Crippen LogP contribution < -0.4 is 0 Å². The van der Waals surface area contributed by atoms with E-state index < -0.39 is 0 Å². The Morgan fingerprint density at radius 1 is 1.10 bits per heavy atom. The summed E-state index contributed by atoms with van der Waals surface area (Å²) in [5.41, 5.74) is 0. The van der Waals surface area contributed by atoms with E-state index in [0.29, 0.717) is 17.8 Å². The number of methoxy groups -OCH3 is 1. The number of esters is 1. The summed E-state index contributed by atoms with van der Waals surface area (Å²) in [5.74, 6) is 1.74. The van der Waals surface area contributed by atoms with Crippen LogP contribution in [0.1, 0.15) is 26.7 Å². The predicted octanol–water partition coefficient (Wildman–Crippen LogP) is 0.986. The van der Waals surface area contributed by atoms with Gasteiger partial charge in [-0.3, -0.25) is 9.59 Å². The van der Waals surface area contributed by atoms with Crippen LogP contribution in [0.2, 0.25) is 0 Å². The lowest BCUT2D eigenvalue weighted by atomic mass is 10.0. The van der Waals surface area contributed by atoms with Crippen molar-refractivity contribution < 1.29 is 14.3 Å². The fourth-order valence-electron chi connectivity index (χ4n) is 3.43. The quantitative estimate of drug-likeness (QED) is 0.706. The third kappa shape index (κ3) is 3.72. The highest BCUT2D eigenvalue weighted by atomic mass is 16.5. The van der Waals surface area contributed by atoms with Gasteiger partial charge in [0.15, 0.2) is 0 Å². The summed E-state index contributed by atoms with van der Waals surface area (Å²) in [6.07, 6.45) is 0.475. The molecule has 0 aromatic heterocycles. The summed E-state index contributed by atoms with van der Waals surface area (Å²) in [5, 5.41) is 0. The molecule has 2 rings (SSSR count). The zero-order valence-corrected chi connectivity index (χ0v) is 12.8. The molecular weight excluding hydrogens is 256 g/mol. The standard InChI is InChI=1S/C15H26N2O3/c1-11(2)6-16-7-12-9-17(10-13(12)8-16)14(18)4-5-15(19)20-3/h11-13H,4-10H2,1-3H3. The SMILES string of the molecule is COC(=O)CCC(=O)N1CC2CN(CC(C)C)CC2C1. The topological polar surface area (TPSA) is 49.9 Å². The van der Waals surface area contributed by atoms with Crippen molar-refractivity contribution in [2.45, 2.75) is 26.7 Å². The minimum absolute atomic E-state index is 0.0974. The van der Waals surface area contributed by atoms with Gasteiger partial charge in [0.1, 0.15) is 0 Å². The summed E-state index contributed by atoms with van der Waals surface area (Å²) in [6, 6.07) is 0. The van der Waals surface area contributed by atoms with E-state index in [1.165, 1.54) is 7.11 Å². The van der Waals surface area contributed by atoms with Crippen LogP contribution in [-0.2, 0) is 14.3 Å². The maximum Gasteiger partial charge on any atom is 0.306 e. The molecular formula is C15H26N2O3. The van der Waals surface area contributed by atoms with Crippen LogP contribution in [0, 0.1) is 17.8 Å². The van der Waals surface area contributed by atoms with Gasteiger partial charge in [0, 0.05) is 39.1 Å². The van der Waals surface area contributed by atoms with Crippen LogP contribution in [0.25, 0.3) is 0 Å². The predicted molar refractivity (Wildman–Crippen MR) is 76.1 cm³/mol. The Balaban J connectivity index is 1.75. The molecule has 1 amide bonds. The van der Waals surface area contributed by atoms with E-state index in [0.717, 1.165) is 32.7 Å². The van der Waals surface area contributed by atoms with Crippen molar-refractivity contribution in [1.82, 2.24) is 9.80 Å². The molecule has 0 aromatic rings. The van der Waals surface area contributed by atoms with Crippen molar-refractivity contribution in [1.29, 1.82) is 0 Å². The first-order valence-corrected chi connectivity index (χ1v) is 7.56. The molecule has 2 fully saturated rings. The van der Waals surface area contributed by atoms with Crippen LogP contribution >= 0.6 is 0 Å². The molecule has 5 heteroatoms. The molecule has 114 valence electrons. The number of fused-ring (bicyclic) bond motifs is 1. The van der Waals surface area contributed by atoms with Gasteiger partial charge in [0.05, 0.1) is 13.5 Å². The third-order valence-corrected chi connectivity index (χ3v) is 4.31. The minimum atomic E-state index is -0.305. The van der Waals surface area contributed by atoms with E-state index in [-0.39, 0.29) is 24.7 Å². The molecule has 0 bridgehead atoms. The van der Waals surface area contributed by atoms with E-state index in [9.17, 15) is 9.59 Å². The first kappa shape index (κ1) is 15.3. The molecule has 2 atom stereocenters. The third-order valence-electron chi connectivity index (χ3n) is 4.31. The van der Waals surface area contributed by atoms with Crippen LogP contribution in [-0.4, -0.2) is 61.5 Å². The average molecular weight is 282 g/mol. The number of likely N-dealkylation sites (tertiary alicyclic amines) is 2. The van der Waals surface area contributed by atoms with E-state index in [1.807, 2.05) is 4.90 Å².